The molecule has 0 aromatic carbocycles. The maximum Gasteiger partial charge on any atom is 0.312 e. The SMILES string of the molecule is CN(C(=O)COC(=O)Cc1csc(-c2ccsc2)n1)[C@@H]1CCS(=O)(=O)C1. The summed E-state index contributed by atoms with van der Waals surface area (Å²) in [5.41, 5.74) is 1.62. The largest absolute Gasteiger partial charge is 0.455 e. The summed E-state index contributed by atoms with van der Waals surface area (Å²) < 4.78 is 28.0. The minimum absolute atomic E-state index is 0.00452. The number of thiazole rings is 1. The zero-order valence-electron chi connectivity index (χ0n) is 14.1. The van der Waals surface area contributed by atoms with Crippen molar-refractivity contribution in [3.63, 3.8) is 0 Å². The van der Waals surface area contributed by atoms with Gasteiger partial charge in [-0.05, 0) is 17.9 Å². The molecule has 2 aromatic heterocycles. The molecule has 0 aliphatic carbocycles. The summed E-state index contributed by atoms with van der Waals surface area (Å²) in [6.07, 6.45) is 0.415. The zero-order valence-corrected chi connectivity index (χ0v) is 16.5. The number of amides is 1. The Morgan fingerprint density at radius 1 is 1.38 bits per heavy atom. The van der Waals surface area contributed by atoms with Gasteiger partial charge in [-0.1, -0.05) is 0 Å². The molecular formula is C16H18N2O5S3. The van der Waals surface area contributed by atoms with E-state index in [0.717, 1.165) is 10.6 Å². The highest BCUT2D eigenvalue weighted by Gasteiger charge is 2.32. The minimum Gasteiger partial charge on any atom is -0.455 e. The minimum atomic E-state index is -3.07. The Bertz CT molecular complexity index is 889. The average Bonchev–Trinajstić information content (AvgIpc) is 3.32. The molecular weight excluding hydrogens is 396 g/mol. The molecule has 0 spiro atoms. The van der Waals surface area contributed by atoms with Crippen LogP contribution in [0.2, 0.25) is 0 Å². The van der Waals surface area contributed by atoms with Crippen molar-refractivity contribution in [1.29, 1.82) is 0 Å². The Labute approximate surface area is 159 Å². The summed E-state index contributed by atoms with van der Waals surface area (Å²) in [5, 5.41) is 6.58. The lowest BCUT2D eigenvalue weighted by molar-refractivity contribution is -0.151. The van der Waals surface area contributed by atoms with Crippen molar-refractivity contribution in [2.24, 2.45) is 0 Å². The van der Waals surface area contributed by atoms with Crippen LogP contribution in [0.1, 0.15) is 12.1 Å². The molecule has 1 saturated heterocycles. The molecule has 2 aromatic rings. The molecule has 1 amide bonds. The molecule has 0 bridgehead atoms. The van der Waals surface area contributed by atoms with Gasteiger partial charge < -0.3 is 9.64 Å². The molecule has 1 fully saturated rings. The smallest absolute Gasteiger partial charge is 0.312 e. The number of thiophene rings is 1. The van der Waals surface area contributed by atoms with Crippen LogP contribution in [-0.2, 0) is 30.6 Å². The van der Waals surface area contributed by atoms with E-state index in [2.05, 4.69) is 4.98 Å². The molecule has 26 heavy (non-hydrogen) atoms. The van der Waals surface area contributed by atoms with Crippen LogP contribution in [0.15, 0.2) is 22.2 Å². The number of nitrogens with zero attached hydrogens (tertiary/aromatic N) is 2. The van der Waals surface area contributed by atoms with Gasteiger partial charge in [-0.3, -0.25) is 9.59 Å². The van der Waals surface area contributed by atoms with Crippen LogP contribution in [-0.4, -0.2) is 61.4 Å². The predicted molar refractivity (Wildman–Crippen MR) is 99.9 cm³/mol. The van der Waals surface area contributed by atoms with Gasteiger partial charge in [0.2, 0.25) is 0 Å². The summed E-state index contributed by atoms with van der Waals surface area (Å²) in [4.78, 5) is 29.8. The van der Waals surface area contributed by atoms with Gasteiger partial charge >= 0.3 is 5.97 Å². The fourth-order valence-corrected chi connectivity index (χ4v) is 5.94. The molecule has 0 N–H and O–H groups in total. The van der Waals surface area contributed by atoms with Gasteiger partial charge in [0, 0.05) is 29.4 Å². The third-order valence-electron chi connectivity index (χ3n) is 4.15. The fraction of sp³-hybridized carbons (Fsp3) is 0.438. The van der Waals surface area contributed by atoms with Gasteiger partial charge in [0.25, 0.3) is 5.91 Å². The fourth-order valence-electron chi connectivity index (χ4n) is 2.63. The predicted octanol–water partition coefficient (Wildman–Crippen LogP) is 1.60. The number of hydrogen-bond acceptors (Lipinski definition) is 8. The van der Waals surface area contributed by atoms with Gasteiger partial charge in [0.15, 0.2) is 16.4 Å². The molecule has 140 valence electrons. The number of esters is 1. The van der Waals surface area contributed by atoms with Crippen molar-refractivity contribution in [2.75, 3.05) is 25.2 Å². The highest BCUT2D eigenvalue weighted by atomic mass is 32.2. The van der Waals surface area contributed by atoms with Gasteiger partial charge in [-0.15, -0.1) is 11.3 Å². The van der Waals surface area contributed by atoms with E-state index >= 15 is 0 Å². The van der Waals surface area contributed by atoms with Gasteiger partial charge in [-0.2, -0.15) is 11.3 Å². The van der Waals surface area contributed by atoms with Crippen LogP contribution in [0.25, 0.3) is 10.6 Å². The lowest BCUT2D eigenvalue weighted by Gasteiger charge is -2.23. The van der Waals surface area contributed by atoms with Crippen molar-refractivity contribution in [3.05, 3.63) is 27.9 Å². The summed E-state index contributed by atoms with van der Waals surface area (Å²) in [7, 11) is -1.53. The second-order valence-electron chi connectivity index (χ2n) is 6.05. The third-order valence-corrected chi connectivity index (χ3v) is 7.53. The third kappa shape index (κ3) is 4.68. The molecule has 10 heteroatoms. The molecule has 1 atom stereocenters. The van der Waals surface area contributed by atoms with E-state index in [-0.39, 0.29) is 24.0 Å². The second kappa shape index (κ2) is 7.85. The molecule has 7 nitrogen and oxygen atoms in total. The highest BCUT2D eigenvalue weighted by molar-refractivity contribution is 7.91. The maximum atomic E-state index is 12.1. The van der Waals surface area contributed by atoms with Crippen molar-refractivity contribution in [3.8, 4) is 10.6 Å². The van der Waals surface area contributed by atoms with Crippen molar-refractivity contribution in [1.82, 2.24) is 9.88 Å². The number of carbonyl (C=O) groups is 2. The average molecular weight is 415 g/mol. The molecule has 3 heterocycles. The Morgan fingerprint density at radius 2 is 2.19 bits per heavy atom. The first kappa shape index (κ1) is 19.0. The summed E-state index contributed by atoms with van der Waals surface area (Å²) in [6.45, 7) is -0.395. The number of ether oxygens (including phenoxy) is 1. The number of carbonyl (C=O) groups excluding carboxylic acids is 2. The normalized spacial score (nSPS) is 18.6. The quantitative estimate of drug-likeness (QED) is 0.667. The van der Waals surface area contributed by atoms with Crippen molar-refractivity contribution in [2.45, 2.75) is 18.9 Å². The van der Waals surface area contributed by atoms with Crippen LogP contribution in [0.3, 0.4) is 0 Å². The number of rotatable bonds is 6. The number of aromatic nitrogens is 1. The molecule has 0 saturated carbocycles. The van der Waals surface area contributed by atoms with Crippen LogP contribution in [0.5, 0.6) is 0 Å². The highest BCUT2D eigenvalue weighted by Crippen LogP contribution is 2.25. The molecule has 0 radical (unpaired) electrons. The van der Waals surface area contributed by atoms with Gasteiger partial charge in [-0.25, -0.2) is 13.4 Å². The Morgan fingerprint density at radius 3 is 2.85 bits per heavy atom. The van der Waals surface area contributed by atoms with Gasteiger partial charge in [0.1, 0.15) is 5.01 Å². The first-order valence-corrected chi connectivity index (χ1v) is 11.6. The van der Waals surface area contributed by atoms with Crippen LogP contribution < -0.4 is 0 Å². The Balaban J connectivity index is 1.47. The second-order valence-corrected chi connectivity index (χ2v) is 9.92. The van der Waals surface area contributed by atoms with Gasteiger partial charge in [0.05, 0.1) is 23.6 Å². The van der Waals surface area contributed by atoms with E-state index in [1.165, 1.54) is 23.3 Å². The summed E-state index contributed by atoms with van der Waals surface area (Å²) in [6, 6.07) is 1.61. The van der Waals surface area contributed by atoms with E-state index in [9.17, 15) is 18.0 Å². The molecule has 1 aliphatic rings. The first-order chi connectivity index (χ1) is 12.3. The maximum absolute atomic E-state index is 12.1. The number of likely N-dealkylation sites (N-methyl/N-ethyl adjacent to an activating group) is 1. The van der Waals surface area contributed by atoms with E-state index in [1.54, 1.807) is 16.7 Å². The van der Waals surface area contributed by atoms with Crippen LogP contribution in [0.4, 0.5) is 0 Å². The Hall–Kier alpha value is -1.78. The lowest BCUT2D eigenvalue weighted by atomic mass is 10.2. The molecule has 3 rings (SSSR count). The summed E-state index contributed by atoms with van der Waals surface area (Å²) in [5.74, 6) is -0.885. The van der Waals surface area contributed by atoms with Crippen LogP contribution >= 0.6 is 22.7 Å². The number of hydrogen-bond donors (Lipinski definition) is 0. The van der Waals surface area contributed by atoms with E-state index < -0.39 is 28.3 Å². The van der Waals surface area contributed by atoms with E-state index in [0.29, 0.717) is 12.1 Å². The first-order valence-electron chi connectivity index (χ1n) is 7.93. The number of sulfone groups is 1. The van der Waals surface area contributed by atoms with E-state index in [1.807, 2.05) is 16.8 Å². The monoisotopic (exact) mass is 414 g/mol. The summed E-state index contributed by atoms with van der Waals surface area (Å²) >= 11 is 3.03. The molecule has 0 unspecified atom stereocenters. The standard InChI is InChI=1S/C16H18N2O5S3/c1-18(13-3-5-26(21,22)10-13)14(19)7-23-15(20)6-12-9-25-16(17-12)11-2-4-24-8-11/h2,4,8-9,13H,3,5-7,10H2,1H3/t13-/m1/s1. The lowest BCUT2D eigenvalue weighted by Crippen LogP contribution is -2.40. The zero-order chi connectivity index (χ0) is 18.7. The van der Waals surface area contributed by atoms with Crippen molar-refractivity contribution >= 4 is 44.4 Å². The Kier molecular flexibility index (Phi) is 5.73. The van der Waals surface area contributed by atoms with Crippen LogP contribution in [0, 0.1) is 0 Å². The van der Waals surface area contributed by atoms with Crippen molar-refractivity contribution < 1.29 is 22.7 Å². The van der Waals surface area contributed by atoms with E-state index in [4.69, 9.17) is 4.74 Å². The topological polar surface area (TPSA) is 93.6 Å². The molecule has 1 aliphatic heterocycles.